The summed E-state index contributed by atoms with van der Waals surface area (Å²) in [5.74, 6) is 0. The van der Waals surface area contributed by atoms with Crippen molar-refractivity contribution in [2.75, 3.05) is 31.0 Å². The summed E-state index contributed by atoms with van der Waals surface area (Å²) >= 11 is 0. The van der Waals surface area contributed by atoms with Crippen LogP contribution in [0.2, 0.25) is 0 Å². The Hall–Kier alpha value is -2.73. The highest BCUT2D eigenvalue weighted by Crippen LogP contribution is 2.22. The van der Waals surface area contributed by atoms with Crippen LogP contribution in [0.3, 0.4) is 0 Å². The third kappa shape index (κ3) is 4.49. The lowest BCUT2D eigenvalue weighted by molar-refractivity contribution is 0.0730. The summed E-state index contributed by atoms with van der Waals surface area (Å²) in [6.07, 6.45) is 1.67. The Balaban J connectivity index is 1.55. The number of sulfonamides is 2. The van der Waals surface area contributed by atoms with Gasteiger partial charge in [-0.2, -0.15) is 9.40 Å². The molecule has 2 aromatic carbocycles. The summed E-state index contributed by atoms with van der Waals surface area (Å²) in [7, 11) is -7.59. The van der Waals surface area contributed by atoms with Gasteiger partial charge in [0.15, 0.2) is 0 Å². The smallest absolute Gasteiger partial charge is 0.261 e. The molecule has 9 nitrogen and oxygen atoms in total. The minimum Gasteiger partial charge on any atom is -0.379 e. The molecule has 0 atom stereocenters. The van der Waals surface area contributed by atoms with Gasteiger partial charge in [-0.05, 0) is 55.5 Å². The van der Waals surface area contributed by atoms with E-state index in [9.17, 15) is 16.8 Å². The van der Waals surface area contributed by atoms with Crippen LogP contribution in [0.1, 0.15) is 5.69 Å². The molecule has 1 saturated heterocycles. The highest BCUT2D eigenvalue weighted by molar-refractivity contribution is 7.92. The maximum Gasteiger partial charge on any atom is 0.261 e. The zero-order valence-electron chi connectivity index (χ0n) is 16.8. The lowest BCUT2D eigenvalue weighted by Gasteiger charge is -2.26. The number of aryl methyl sites for hydroxylation is 1. The third-order valence-corrected chi connectivity index (χ3v) is 8.23. The number of ether oxygens (including phenoxy) is 1. The molecule has 0 unspecified atom stereocenters. The Morgan fingerprint density at radius 2 is 1.61 bits per heavy atom. The van der Waals surface area contributed by atoms with Crippen LogP contribution in [0.15, 0.2) is 70.6 Å². The van der Waals surface area contributed by atoms with Crippen LogP contribution in [0, 0.1) is 6.92 Å². The van der Waals surface area contributed by atoms with Gasteiger partial charge in [0.1, 0.15) is 0 Å². The number of benzene rings is 2. The van der Waals surface area contributed by atoms with E-state index in [0.29, 0.717) is 18.9 Å². The van der Waals surface area contributed by atoms with Gasteiger partial charge < -0.3 is 4.74 Å². The Morgan fingerprint density at radius 3 is 2.26 bits per heavy atom. The van der Waals surface area contributed by atoms with E-state index in [1.165, 1.54) is 28.6 Å². The molecule has 1 fully saturated rings. The summed E-state index contributed by atoms with van der Waals surface area (Å²) < 4.78 is 61.8. The van der Waals surface area contributed by atoms with E-state index in [1.807, 2.05) is 19.1 Å². The first kappa shape index (κ1) is 21.5. The van der Waals surface area contributed by atoms with Crippen LogP contribution in [0.25, 0.3) is 5.69 Å². The second kappa shape index (κ2) is 8.42. The fraction of sp³-hybridized carbons (Fsp3) is 0.250. The lowest BCUT2D eigenvalue weighted by Crippen LogP contribution is -2.40. The molecule has 31 heavy (non-hydrogen) atoms. The fourth-order valence-corrected chi connectivity index (χ4v) is 5.74. The average Bonchev–Trinajstić information content (AvgIpc) is 3.20. The van der Waals surface area contributed by atoms with Crippen molar-refractivity contribution < 1.29 is 21.6 Å². The quantitative estimate of drug-likeness (QED) is 0.600. The summed E-state index contributed by atoms with van der Waals surface area (Å²) in [6.45, 7) is 3.13. The number of rotatable bonds is 6. The average molecular weight is 463 g/mol. The van der Waals surface area contributed by atoms with E-state index in [4.69, 9.17) is 4.74 Å². The molecule has 0 amide bonds. The van der Waals surface area contributed by atoms with E-state index in [-0.39, 0.29) is 22.9 Å². The first-order valence-corrected chi connectivity index (χ1v) is 12.5. The number of nitrogens with one attached hydrogen (secondary N) is 1. The molecule has 1 aliphatic heterocycles. The van der Waals surface area contributed by atoms with E-state index in [2.05, 4.69) is 9.82 Å². The highest BCUT2D eigenvalue weighted by atomic mass is 32.2. The first-order chi connectivity index (χ1) is 14.8. The molecule has 4 rings (SSSR count). The predicted molar refractivity (Wildman–Crippen MR) is 115 cm³/mol. The van der Waals surface area contributed by atoms with Gasteiger partial charge in [0.05, 0.1) is 34.4 Å². The lowest BCUT2D eigenvalue weighted by atomic mass is 10.3. The van der Waals surface area contributed by atoms with Crippen molar-refractivity contribution in [1.29, 1.82) is 0 Å². The van der Waals surface area contributed by atoms with Crippen molar-refractivity contribution in [2.45, 2.75) is 16.7 Å². The van der Waals surface area contributed by atoms with Gasteiger partial charge in [0.25, 0.3) is 10.0 Å². The number of morpholine rings is 1. The van der Waals surface area contributed by atoms with Crippen LogP contribution in [0.5, 0.6) is 0 Å². The van der Waals surface area contributed by atoms with E-state index in [0.717, 1.165) is 11.4 Å². The number of anilines is 1. The molecule has 1 aromatic heterocycles. The zero-order chi connectivity index (χ0) is 22.1. The molecule has 0 radical (unpaired) electrons. The number of hydrogen-bond acceptors (Lipinski definition) is 6. The minimum absolute atomic E-state index is 0.0332. The van der Waals surface area contributed by atoms with Crippen LogP contribution < -0.4 is 4.72 Å². The van der Waals surface area contributed by atoms with Gasteiger partial charge in [-0.3, -0.25) is 4.72 Å². The standard InChI is InChI=1S/C20H22N4O5S2/c1-16-9-10-21-24(16)18-4-2-3-17(15-18)22-30(25,26)19-5-7-20(8-6-19)31(27,28)23-11-13-29-14-12-23/h2-10,15,22H,11-14H2,1H3. The summed E-state index contributed by atoms with van der Waals surface area (Å²) in [5, 5.41) is 4.22. The predicted octanol–water partition coefficient (Wildman–Crippen LogP) is 2.00. The second-order valence-corrected chi connectivity index (χ2v) is 10.6. The Kier molecular flexibility index (Phi) is 5.84. The molecule has 0 spiro atoms. The van der Waals surface area contributed by atoms with Crippen molar-refractivity contribution in [3.63, 3.8) is 0 Å². The molecule has 1 N–H and O–H groups in total. The maximum atomic E-state index is 12.8. The van der Waals surface area contributed by atoms with E-state index >= 15 is 0 Å². The van der Waals surface area contributed by atoms with Crippen molar-refractivity contribution in [2.24, 2.45) is 0 Å². The molecule has 11 heteroatoms. The molecule has 1 aliphatic rings. The third-order valence-electron chi connectivity index (χ3n) is 4.92. The van der Waals surface area contributed by atoms with Gasteiger partial charge in [-0.1, -0.05) is 6.07 Å². The van der Waals surface area contributed by atoms with Crippen molar-refractivity contribution in [3.8, 4) is 5.69 Å². The Labute approximate surface area is 181 Å². The first-order valence-electron chi connectivity index (χ1n) is 9.59. The molecule has 0 aliphatic carbocycles. The molecule has 0 saturated carbocycles. The minimum atomic E-state index is -3.90. The van der Waals surface area contributed by atoms with Gasteiger partial charge in [0.2, 0.25) is 10.0 Å². The monoisotopic (exact) mass is 462 g/mol. The van der Waals surface area contributed by atoms with Crippen LogP contribution in [-0.2, 0) is 24.8 Å². The molecular weight excluding hydrogens is 440 g/mol. The SMILES string of the molecule is Cc1ccnn1-c1cccc(NS(=O)(=O)c2ccc(S(=O)(=O)N3CCOCC3)cc2)c1. The molecule has 3 aromatic rings. The topological polar surface area (TPSA) is 111 Å². The molecule has 2 heterocycles. The van der Waals surface area contributed by atoms with Gasteiger partial charge >= 0.3 is 0 Å². The Morgan fingerprint density at radius 1 is 0.935 bits per heavy atom. The zero-order valence-corrected chi connectivity index (χ0v) is 18.4. The summed E-state index contributed by atoms with van der Waals surface area (Å²) in [6, 6.07) is 13.9. The Bertz CT molecular complexity index is 1280. The molecular formula is C20H22N4O5S2. The van der Waals surface area contributed by atoms with Crippen LogP contribution >= 0.6 is 0 Å². The van der Waals surface area contributed by atoms with Crippen LogP contribution in [-0.4, -0.2) is 57.2 Å². The highest BCUT2D eigenvalue weighted by Gasteiger charge is 2.26. The van der Waals surface area contributed by atoms with Gasteiger partial charge in [0, 0.05) is 25.0 Å². The van der Waals surface area contributed by atoms with E-state index < -0.39 is 20.0 Å². The fourth-order valence-electron chi connectivity index (χ4n) is 3.28. The van der Waals surface area contributed by atoms with Gasteiger partial charge in [-0.15, -0.1) is 0 Å². The van der Waals surface area contributed by atoms with Crippen molar-refractivity contribution >= 4 is 25.7 Å². The van der Waals surface area contributed by atoms with Crippen LogP contribution in [0.4, 0.5) is 5.69 Å². The number of hydrogen-bond donors (Lipinski definition) is 1. The summed E-state index contributed by atoms with van der Waals surface area (Å²) in [4.78, 5) is 0.0126. The molecule has 0 bridgehead atoms. The number of aromatic nitrogens is 2. The van der Waals surface area contributed by atoms with Crippen molar-refractivity contribution in [1.82, 2.24) is 14.1 Å². The second-order valence-electron chi connectivity index (χ2n) is 7.03. The van der Waals surface area contributed by atoms with Gasteiger partial charge in [-0.25, -0.2) is 21.5 Å². The maximum absolute atomic E-state index is 12.8. The molecule has 164 valence electrons. The largest absolute Gasteiger partial charge is 0.379 e. The van der Waals surface area contributed by atoms with Crippen molar-refractivity contribution in [3.05, 3.63) is 66.5 Å². The number of nitrogens with zero attached hydrogens (tertiary/aromatic N) is 3. The summed E-state index contributed by atoms with van der Waals surface area (Å²) in [5.41, 5.74) is 2.00. The normalized spacial score (nSPS) is 15.6. The van der Waals surface area contributed by atoms with E-state index in [1.54, 1.807) is 29.1 Å².